The van der Waals surface area contributed by atoms with Crippen LogP contribution in [0.5, 0.6) is 0 Å². The number of benzene rings is 2. The van der Waals surface area contributed by atoms with E-state index in [0.29, 0.717) is 25.2 Å². The van der Waals surface area contributed by atoms with Crippen molar-refractivity contribution in [3.05, 3.63) is 53.6 Å². The summed E-state index contributed by atoms with van der Waals surface area (Å²) in [5, 5.41) is 2.89. The van der Waals surface area contributed by atoms with Crippen molar-refractivity contribution in [3.63, 3.8) is 0 Å². The molecule has 0 bridgehead atoms. The van der Waals surface area contributed by atoms with Crippen molar-refractivity contribution < 1.29 is 4.79 Å². The number of amides is 1. The third kappa shape index (κ3) is 4.36. The zero-order valence-electron chi connectivity index (χ0n) is 15.2. The summed E-state index contributed by atoms with van der Waals surface area (Å²) in [4.78, 5) is 16.9. The summed E-state index contributed by atoms with van der Waals surface area (Å²) in [6.07, 6.45) is 2.24. The Hall–Kier alpha value is -2.50. The van der Waals surface area contributed by atoms with Crippen molar-refractivity contribution in [1.29, 1.82) is 0 Å². The number of carbonyl (C=O) groups excluding carboxylic acids is 1. The van der Waals surface area contributed by atoms with E-state index in [0.717, 1.165) is 35.2 Å². The summed E-state index contributed by atoms with van der Waals surface area (Å²) < 4.78 is 0. The van der Waals surface area contributed by atoms with Crippen LogP contribution in [0.4, 0.5) is 5.69 Å². The molecule has 1 amide bonds. The molecule has 1 atom stereocenters. The van der Waals surface area contributed by atoms with Gasteiger partial charge in [-0.25, -0.2) is 4.99 Å². The maximum absolute atomic E-state index is 12.4. The minimum Gasteiger partial charge on any atom is -0.349 e. The molecule has 0 spiro atoms. The monoisotopic (exact) mass is 350 g/mol. The topological polar surface area (TPSA) is 93.5 Å². The van der Waals surface area contributed by atoms with Gasteiger partial charge in [-0.15, -0.1) is 0 Å². The zero-order chi connectivity index (χ0) is 18.5. The molecule has 2 aromatic carbocycles. The van der Waals surface area contributed by atoms with Gasteiger partial charge in [-0.2, -0.15) is 0 Å². The maximum Gasteiger partial charge on any atom is 0.266 e. The second-order valence-corrected chi connectivity index (χ2v) is 6.85. The summed E-state index contributed by atoms with van der Waals surface area (Å²) in [5.74, 6) is -0.138. The molecule has 0 fully saturated rings. The fourth-order valence-electron chi connectivity index (χ4n) is 3.05. The fraction of sp³-hybridized carbons (Fsp3) is 0.333. The number of rotatable bonds is 7. The number of nitrogens with two attached hydrogens (primary N) is 2. The van der Waals surface area contributed by atoms with Gasteiger partial charge in [-0.1, -0.05) is 42.0 Å². The molecule has 5 heteroatoms. The molecule has 2 aromatic rings. The third-order valence-corrected chi connectivity index (χ3v) is 4.65. The number of nitrogens with zero attached hydrogens (tertiary/aromatic N) is 1. The van der Waals surface area contributed by atoms with Crippen LogP contribution in [0.15, 0.2) is 47.5 Å². The lowest BCUT2D eigenvalue weighted by Gasteiger charge is -2.11. The molecule has 5 nitrogen and oxygen atoms in total. The van der Waals surface area contributed by atoms with Gasteiger partial charge >= 0.3 is 0 Å². The summed E-state index contributed by atoms with van der Waals surface area (Å²) in [7, 11) is 0. The van der Waals surface area contributed by atoms with Gasteiger partial charge in [0.25, 0.3) is 5.91 Å². The molecule has 1 aliphatic rings. The lowest BCUT2D eigenvalue weighted by Crippen LogP contribution is -2.40. The average molecular weight is 350 g/mol. The van der Waals surface area contributed by atoms with Crippen LogP contribution in [0.3, 0.4) is 0 Å². The van der Waals surface area contributed by atoms with Gasteiger partial charge in [-0.3, -0.25) is 4.79 Å². The highest BCUT2D eigenvalue weighted by atomic mass is 16.1. The number of hydrogen-bond donors (Lipinski definition) is 3. The highest BCUT2D eigenvalue weighted by Gasteiger charge is 2.21. The van der Waals surface area contributed by atoms with E-state index in [1.54, 1.807) is 0 Å². The second kappa shape index (κ2) is 8.25. The van der Waals surface area contributed by atoms with E-state index in [2.05, 4.69) is 53.6 Å². The number of carbonyl (C=O) groups is 1. The van der Waals surface area contributed by atoms with E-state index in [-0.39, 0.29) is 11.9 Å². The Balaban J connectivity index is 1.66. The lowest BCUT2D eigenvalue weighted by atomic mass is 10.0. The van der Waals surface area contributed by atoms with Gasteiger partial charge in [0.15, 0.2) is 0 Å². The first kappa shape index (κ1) is 18.3. The lowest BCUT2D eigenvalue weighted by molar-refractivity contribution is -0.114. The van der Waals surface area contributed by atoms with Crippen LogP contribution in [0, 0.1) is 6.92 Å². The van der Waals surface area contributed by atoms with Crippen molar-refractivity contribution in [3.8, 4) is 11.1 Å². The second-order valence-electron chi connectivity index (χ2n) is 6.85. The van der Waals surface area contributed by atoms with E-state index in [1.165, 1.54) is 5.56 Å². The van der Waals surface area contributed by atoms with Crippen LogP contribution < -0.4 is 16.8 Å². The highest BCUT2D eigenvalue weighted by molar-refractivity contribution is 6.40. The first-order chi connectivity index (χ1) is 12.6. The number of hydrogen-bond acceptors (Lipinski definition) is 4. The van der Waals surface area contributed by atoms with Crippen LogP contribution in [0.2, 0.25) is 0 Å². The van der Waals surface area contributed by atoms with Crippen molar-refractivity contribution in [2.24, 2.45) is 16.5 Å². The van der Waals surface area contributed by atoms with Crippen LogP contribution >= 0.6 is 0 Å². The quantitative estimate of drug-likeness (QED) is 0.716. The van der Waals surface area contributed by atoms with Crippen LogP contribution in [0.25, 0.3) is 11.1 Å². The van der Waals surface area contributed by atoms with Gasteiger partial charge in [0.05, 0.1) is 5.69 Å². The molecule has 0 saturated heterocycles. The minimum atomic E-state index is -0.138. The Morgan fingerprint density at radius 2 is 1.92 bits per heavy atom. The molecule has 136 valence electrons. The van der Waals surface area contributed by atoms with Gasteiger partial charge < -0.3 is 16.8 Å². The maximum atomic E-state index is 12.4. The molecule has 0 aromatic heterocycles. The Morgan fingerprint density at radius 3 is 2.65 bits per heavy atom. The number of nitrogens with one attached hydrogen (secondary N) is 1. The molecule has 26 heavy (non-hydrogen) atoms. The predicted molar refractivity (Wildman–Crippen MR) is 107 cm³/mol. The molecule has 0 unspecified atom stereocenters. The van der Waals surface area contributed by atoms with Gasteiger partial charge in [0.2, 0.25) is 0 Å². The first-order valence-electron chi connectivity index (χ1n) is 9.08. The Labute approximate surface area is 154 Å². The molecule has 0 radical (unpaired) electrons. The summed E-state index contributed by atoms with van der Waals surface area (Å²) >= 11 is 0. The summed E-state index contributed by atoms with van der Waals surface area (Å²) in [5.41, 5.74) is 17.5. The van der Waals surface area contributed by atoms with E-state index in [4.69, 9.17) is 11.5 Å². The molecule has 0 saturated carbocycles. The van der Waals surface area contributed by atoms with Crippen LogP contribution in [-0.2, 0) is 11.2 Å². The van der Waals surface area contributed by atoms with E-state index in [1.807, 2.05) is 6.07 Å². The third-order valence-electron chi connectivity index (χ3n) is 4.65. The SMILES string of the molecule is Cc1ccc(-c2ccc3c(c2)N=C(C(=O)NC[C@H](N)CCCN)C3)cc1. The molecular weight excluding hydrogens is 324 g/mol. The molecule has 1 heterocycles. The number of aryl methyl sites for hydroxylation is 1. The average Bonchev–Trinajstić information content (AvgIpc) is 3.08. The van der Waals surface area contributed by atoms with Crippen molar-refractivity contribution in [2.45, 2.75) is 32.2 Å². The predicted octanol–water partition coefficient (Wildman–Crippen LogP) is 2.47. The smallest absolute Gasteiger partial charge is 0.266 e. The van der Waals surface area contributed by atoms with Crippen LogP contribution in [0.1, 0.15) is 24.0 Å². The Bertz CT molecular complexity index is 811. The van der Waals surface area contributed by atoms with Crippen molar-refractivity contribution in [2.75, 3.05) is 13.1 Å². The molecular formula is C21H26N4O. The highest BCUT2D eigenvalue weighted by Crippen LogP contribution is 2.32. The fourth-order valence-corrected chi connectivity index (χ4v) is 3.05. The van der Waals surface area contributed by atoms with Crippen molar-refractivity contribution in [1.82, 2.24) is 5.32 Å². The largest absolute Gasteiger partial charge is 0.349 e. The van der Waals surface area contributed by atoms with E-state index >= 15 is 0 Å². The number of aliphatic imine (C=N–C) groups is 1. The van der Waals surface area contributed by atoms with Gasteiger partial charge in [0, 0.05) is 19.0 Å². The number of fused-ring (bicyclic) bond motifs is 1. The molecule has 1 aliphatic heterocycles. The molecule has 0 aliphatic carbocycles. The molecule has 5 N–H and O–H groups in total. The Morgan fingerprint density at radius 1 is 1.19 bits per heavy atom. The standard InChI is InChI=1S/C21H26N4O/c1-14-4-6-15(7-5-14)16-8-9-17-12-20(25-19(17)11-16)21(26)24-13-18(23)3-2-10-22/h4-9,11,18H,2-3,10,12-13,22-23H2,1H3,(H,24,26)/t18-/m1/s1. The normalized spacial score (nSPS) is 13.9. The van der Waals surface area contributed by atoms with E-state index < -0.39 is 0 Å². The molecule has 3 rings (SSSR count). The van der Waals surface area contributed by atoms with E-state index in [9.17, 15) is 4.79 Å². The Kier molecular flexibility index (Phi) is 5.81. The summed E-state index contributed by atoms with van der Waals surface area (Å²) in [6, 6.07) is 14.5. The minimum absolute atomic E-state index is 0.0694. The first-order valence-corrected chi connectivity index (χ1v) is 9.08. The van der Waals surface area contributed by atoms with Crippen LogP contribution in [-0.4, -0.2) is 30.8 Å². The summed E-state index contributed by atoms with van der Waals surface area (Å²) in [6.45, 7) is 3.14. The van der Waals surface area contributed by atoms with Gasteiger partial charge in [-0.05, 0) is 49.1 Å². The zero-order valence-corrected chi connectivity index (χ0v) is 15.2. The van der Waals surface area contributed by atoms with Gasteiger partial charge in [0.1, 0.15) is 5.71 Å². The van der Waals surface area contributed by atoms with Crippen molar-refractivity contribution >= 4 is 17.3 Å².